The van der Waals surface area contributed by atoms with E-state index in [2.05, 4.69) is 130 Å². The molecule has 1 aliphatic heterocycles. The first kappa shape index (κ1) is 89.8. The summed E-state index contributed by atoms with van der Waals surface area (Å²) < 4.78 is 139. The number of allylic oxidation sites excluding steroid dienone is 1. The van der Waals surface area contributed by atoms with Crippen molar-refractivity contribution in [3.8, 4) is 58.1 Å². The van der Waals surface area contributed by atoms with Crippen molar-refractivity contribution in [1.29, 1.82) is 10.5 Å². The lowest BCUT2D eigenvalue weighted by Gasteiger charge is -2.36. The van der Waals surface area contributed by atoms with Gasteiger partial charge in [-0.3, -0.25) is 0 Å². The minimum absolute atomic E-state index is 0.00176. The van der Waals surface area contributed by atoms with Crippen molar-refractivity contribution in [2.24, 2.45) is 0 Å². The second kappa shape index (κ2) is 45.9. The number of anilines is 1. The summed E-state index contributed by atoms with van der Waals surface area (Å²) in [6.07, 6.45) is 18.7. The lowest BCUT2D eigenvalue weighted by molar-refractivity contribution is -0.304. The van der Waals surface area contributed by atoms with E-state index in [1.54, 1.807) is 42.5 Å². The van der Waals surface area contributed by atoms with E-state index in [0.29, 0.717) is 88.1 Å². The summed E-state index contributed by atoms with van der Waals surface area (Å²) in [4.78, 5) is 21.1. The highest BCUT2D eigenvalue weighted by molar-refractivity contribution is 7.15. The Bertz CT molecular complexity index is 4240. The first-order valence-corrected chi connectivity index (χ1v) is 42.8. The highest BCUT2D eigenvalue weighted by Gasteiger charge is 2.42. The lowest BCUT2D eigenvalue weighted by atomic mass is 9.90. The molecule has 0 saturated heterocycles. The summed E-state index contributed by atoms with van der Waals surface area (Å²) in [7, 11) is -1.74. The normalized spacial score (nSPS) is 13.6. The van der Waals surface area contributed by atoms with Crippen LogP contribution in [-0.2, 0) is 38.8 Å². The van der Waals surface area contributed by atoms with Gasteiger partial charge in [-0.1, -0.05) is 136 Å². The molecule has 1 aliphatic rings. The molecule has 0 radical (unpaired) electrons. The molecule has 0 N–H and O–H groups in total. The maximum Gasteiger partial charge on any atom is 0.344 e. The van der Waals surface area contributed by atoms with E-state index in [0.717, 1.165) is 117 Å². The van der Waals surface area contributed by atoms with Crippen molar-refractivity contribution in [1.82, 2.24) is 0 Å². The fourth-order valence-electron chi connectivity index (χ4n) is 11.2. The molecule has 1 unspecified atom stereocenters. The second-order valence-electron chi connectivity index (χ2n) is 28.3. The van der Waals surface area contributed by atoms with Gasteiger partial charge in [0.1, 0.15) is 60.6 Å². The van der Waals surface area contributed by atoms with Crippen molar-refractivity contribution >= 4 is 67.1 Å². The second-order valence-corrected chi connectivity index (χ2v) is 35.2. The maximum absolute atomic E-state index is 13.5. The minimum atomic E-state index is -2.60. The third-order valence-corrected chi connectivity index (χ3v) is 25.3. The fraction of sp³-hybridized carbons (Fsp3) is 0.437. The number of nitriles is 2. The Balaban J connectivity index is 1.12. The zero-order valence-electron chi connectivity index (χ0n) is 66.1. The number of hydrogen-bond acceptors (Lipinski definition) is 17. The lowest BCUT2D eigenvalue weighted by Crippen LogP contribution is -2.40. The van der Waals surface area contributed by atoms with Crippen LogP contribution >= 0.6 is 22.7 Å². The van der Waals surface area contributed by atoms with Crippen LogP contribution in [0.2, 0.25) is 18.1 Å². The van der Waals surface area contributed by atoms with Gasteiger partial charge in [-0.15, -0.1) is 22.7 Å². The van der Waals surface area contributed by atoms with Gasteiger partial charge in [0, 0.05) is 37.0 Å². The van der Waals surface area contributed by atoms with E-state index in [9.17, 15) is 36.9 Å². The molecule has 2 aromatic heterocycles. The van der Waals surface area contributed by atoms with E-state index < -0.39 is 38.1 Å². The first-order valence-electron chi connectivity index (χ1n) is 38.2. The summed E-state index contributed by atoms with van der Waals surface area (Å²) in [6.45, 7) is 36.8. The molecule has 4 aromatic carbocycles. The Kier molecular flexibility index (Phi) is 36.8. The number of ether oxygens (including phenoxy) is 9. The fourth-order valence-corrected chi connectivity index (χ4v) is 14.3. The molecule has 0 bridgehead atoms. The smallest absolute Gasteiger partial charge is 0.344 e. The van der Waals surface area contributed by atoms with Crippen LogP contribution in [0.3, 0.4) is 0 Å². The molecule has 0 amide bonds. The molecule has 0 aliphatic carbocycles. The molecule has 0 fully saturated rings. The van der Waals surface area contributed by atoms with E-state index in [-0.39, 0.29) is 72.8 Å². The van der Waals surface area contributed by atoms with Crippen molar-refractivity contribution in [2.45, 2.75) is 196 Å². The standard InChI is InChI=1S/C87H104F6N4O12S2Si/c1-13-18-47-98-78-72(41-33-61-27-34-66(35-28-61)97(17-5)46-24-22-23-25-52-106-112(11,12)86(6,7)8)110-74(80(78)100-49-20-15-3)43-44-75-81(101-50-21-16-4)79(99-48-19-14-2)73(111-75)42-40-71-76(96-10)77(65(56-94)57-95)109-87(71,9)45-26-51-104-105-60-64-53-69(102-58-62-29-36-67(37-30-62)107-84(92)82(88)89)55-70(54-64)103-59-63-31-38-68(39-32-63)108-85(93)83(90)91/h27-44,53-55H,13-26,45-52,58-60H2,1-9,11-12H3/b41-33+,42-40+,44-43+. The van der Waals surface area contributed by atoms with Gasteiger partial charge in [0.15, 0.2) is 42.6 Å². The van der Waals surface area contributed by atoms with Crippen molar-refractivity contribution in [3.63, 3.8) is 0 Å². The van der Waals surface area contributed by atoms with Gasteiger partial charge in [-0.25, -0.2) is 14.6 Å². The molecule has 0 spiro atoms. The SMILES string of the molecule is [C-]#[N+]C1=C(/C=C/c2sc(/C=C/c3sc(/C=C/c4ccc(N(CC)CCCCCCO[Si](C)(C)C(C)(C)C)cc4)c(OCCCC)c3OCCCC)c(OCCCC)c2OCCCC)C(C)(CCCOOCc2cc(OCc3ccc(OC(F)=C(F)F)cc3)cc(OCc3ccc(OC(F)=C(F)F)cc3)c2)OC1=C(C#N)C#N. The Morgan fingerprint density at radius 2 is 0.982 bits per heavy atom. The maximum atomic E-state index is 13.5. The molecule has 1 atom stereocenters. The van der Waals surface area contributed by atoms with E-state index >= 15 is 0 Å². The third kappa shape index (κ3) is 27.5. The zero-order valence-corrected chi connectivity index (χ0v) is 68.7. The molecular formula is C87H104F6N4O12S2Si. The Morgan fingerprint density at radius 1 is 0.527 bits per heavy atom. The van der Waals surface area contributed by atoms with Crippen molar-refractivity contribution < 1.29 is 83.2 Å². The molecule has 602 valence electrons. The van der Waals surface area contributed by atoms with Gasteiger partial charge in [0.25, 0.3) is 0 Å². The number of thiophene rings is 2. The van der Waals surface area contributed by atoms with Crippen molar-refractivity contribution in [3.05, 3.63) is 197 Å². The van der Waals surface area contributed by atoms with E-state index in [1.165, 1.54) is 65.6 Å². The van der Waals surface area contributed by atoms with Crippen LogP contribution in [0, 0.1) is 29.2 Å². The molecular weight excluding hydrogens is 1500 g/mol. The zero-order chi connectivity index (χ0) is 81.1. The molecule has 0 saturated carbocycles. The van der Waals surface area contributed by atoms with Crippen LogP contribution in [-0.4, -0.2) is 66.6 Å². The predicted molar refractivity (Wildman–Crippen MR) is 434 cm³/mol. The van der Waals surface area contributed by atoms with Crippen LogP contribution in [0.25, 0.3) is 35.2 Å². The number of halogens is 6. The Hall–Kier alpha value is -9.39. The van der Waals surface area contributed by atoms with Gasteiger partial charge in [-0.05, 0) is 178 Å². The van der Waals surface area contributed by atoms with Gasteiger partial charge in [-0.2, -0.15) is 36.9 Å². The molecule has 7 rings (SSSR count). The highest BCUT2D eigenvalue weighted by Crippen LogP contribution is 2.50. The quantitative estimate of drug-likeness (QED) is 0.00517. The summed E-state index contributed by atoms with van der Waals surface area (Å²) >= 11 is 3.03. The summed E-state index contributed by atoms with van der Waals surface area (Å²) in [5.41, 5.74) is 2.69. The average Bonchev–Trinajstić information content (AvgIpc) is 1.63. The minimum Gasteiger partial charge on any atom is -0.493 e. The summed E-state index contributed by atoms with van der Waals surface area (Å²) in [5, 5.41) is 20.6. The number of rotatable bonds is 49. The number of benzene rings is 4. The van der Waals surface area contributed by atoms with Gasteiger partial charge in [0.05, 0.1) is 59.1 Å². The summed E-state index contributed by atoms with van der Waals surface area (Å²) in [6, 6.07) is 24.6. The van der Waals surface area contributed by atoms with Crippen LogP contribution in [0.15, 0.2) is 144 Å². The molecule has 112 heavy (non-hydrogen) atoms. The molecule has 3 heterocycles. The Morgan fingerprint density at radius 3 is 1.41 bits per heavy atom. The topological polar surface area (TPSA) is 166 Å². The average molecular weight is 1600 g/mol. The molecule has 16 nitrogen and oxygen atoms in total. The predicted octanol–water partition coefficient (Wildman–Crippen LogP) is 25.5. The van der Waals surface area contributed by atoms with Gasteiger partial charge < -0.3 is 52.0 Å². The Labute approximate surface area is 665 Å². The van der Waals surface area contributed by atoms with Gasteiger partial charge >= 0.3 is 24.2 Å². The number of hydrogen-bond donors (Lipinski definition) is 0. The number of unbranched alkanes of at least 4 members (excludes halogenated alkanes) is 7. The molecule has 6 aromatic rings. The largest absolute Gasteiger partial charge is 0.493 e. The van der Waals surface area contributed by atoms with Crippen LogP contribution in [0.5, 0.6) is 46.0 Å². The van der Waals surface area contributed by atoms with E-state index in [1.807, 2.05) is 24.3 Å². The van der Waals surface area contributed by atoms with Crippen LogP contribution in [0.4, 0.5) is 32.0 Å². The van der Waals surface area contributed by atoms with Crippen LogP contribution < -0.4 is 42.8 Å². The third-order valence-electron chi connectivity index (χ3n) is 18.6. The monoisotopic (exact) mass is 1600 g/mol. The molecule has 25 heteroatoms. The number of nitrogens with zero attached hydrogens (tertiary/aromatic N) is 4. The van der Waals surface area contributed by atoms with Crippen LogP contribution in [0.1, 0.15) is 194 Å². The van der Waals surface area contributed by atoms with Gasteiger partial charge in [0.2, 0.25) is 5.70 Å². The van der Waals surface area contributed by atoms with Crippen molar-refractivity contribution in [2.75, 3.05) is 57.6 Å². The summed E-state index contributed by atoms with van der Waals surface area (Å²) in [5.74, 6) is 2.61. The first-order chi connectivity index (χ1) is 53.9. The van der Waals surface area contributed by atoms with E-state index in [4.69, 9.17) is 53.9 Å². The highest BCUT2D eigenvalue weighted by atomic mass is 32.1.